The Balaban J connectivity index is 1.44. The predicted molar refractivity (Wildman–Crippen MR) is 160 cm³/mol. The summed E-state index contributed by atoms with van der Waals surface area (Å²) in [7, 11) is 0. The van der Waals surface area contributed by atoms with Gasteiger partial charge in [0, 0.05) is 37.6 Å². The monoisotopic (exact) mass is 551 g/mol. The van der Waals surface area contributed by atoms with Gasteiger partial charge in [0.2, 0.25) is 0 Å². The van der Waals surface area contributed by atoms with E-state index in [9.17, 15) is 0 Å². The van der Waals surface area contributed by atoms with Crippen molar-refractivity contribution in [1.82, 2.24) is 14.5 Å². The van der Waals surface area contributed by atoms with Crippen molar-refractivity contribution in [3.05, 3.63) is 138 Å². The summed E-state index contributed by atoms with van der Waals surface area (Å²) in [5, 5.41) is 2.46. The van der Waals surface area contributed by atoms with Crippen LogP contribution in [0.5, 0.6) is 0 Å². The van der Waals surface area contributed by atoms with E-state index in [-0.39, 0.29) is 0 Å². The first-order valence-corrected chi connectivity index (χ1v) is 13.3. The van der Waals surface area contributed by atoms with E-state index < -0.39 is 0 Å². The molecule has 38 heavy (non-hydrogen) atoms. The Morgan fingerprint density at radius 1 is 0.474 bits per heavy atom. The molecule has 0 aliphatic heterocycles. The summed E-state index contributed by atoms with van der Waals surface area (Å²) >= 11 is 3.67. The van der Waals surface area contributed by atoms with Crippen LogP contribution < -0.4 is 0 Å². The lowest BCUT2D eigenvalue weighted by Gasteiger charge is -2.12. The zero-order valence-corrected chi connectivity index (χ0v) is 22.0. The summed E-state index contributed by atoms with van der Waals surface area (Å²) < 4.78 is 3.37. The van der Waals surface area contributed by atoms with Crippen molar-refractivity contribution in [2.45, 2.75) is 0 Å². The molecule has 0 aliphatic carbocycles. The first-order chi connectivity index (χ1) is 18.7. The van der Waals surface area contributed by atoms with Gasteiger partial charge in [-0.3, -0.25) is 0 Å². The van der Waals surface area contributed by atoms with Crippen LogP contribution in [-0.2, 0) is 0 Å². The molecule has 3 nitrogen and oxygen atoms in total. The maximum atomic E-state index is 5.03. The molecule has 0 atom stereocenters. The highest BCUT2D eigenvalue weighted by molar-refractivity contribution is 9.10. The number of rotatable bonds is 4. The number of nitrogens with zero attached hydrogens (tertiary/aromatic N) is 3. The Morgan fingerprint density at radius 3 is 1.79 bits per heavy atom. The van der Waals surface area contributed by atoms with Crippen molar-refractivity contribution in [3.8, 4) is 39.6 Å². The third-order valence-corrected chi connectivity index (χ3v) is 7.36. The fraction of sp³-hybridized carbons (Fsp3) is 0. The van der Waals surface area contributed by atoms with E-state index in [4.69, 9.17) is 9.97 Å². The number of fused-ring (bicyclic) bond motifs is 3. The maximum Gasteiger partial charge on any atom is 0.160 e. The molecule has 0 N–H and O–H groups in total. The van der Waals surface area contributed by atoms with Gasteiger partial charge in [0.05, 0.1) is 22.4 Å². The molecule has 4 heteroatoms. The highest BCUT2D eigenvalue weighted by Gasteiger charge is 2.15. The number of para-hydroxylation sites is 1. The van der Waals surface area contributed by atoms with Gasteiger partial charge < -0.3 is 4.57 Å². The Bertz CT molecular complexity index is 1870. The average Bonchev–Trinajstić information content (AvgIpc) is 3.31. The first-order valence-electron chi connectivity index (χ1n) is 12.5. The standard InChI is InChI=1S/C34H22BrN3/c35-26-18-19-29-28-16-7-8-17-32(28)38(33(29)21-26)27-15-9-14-25(20-27)34-36-30(23-10-3-1-4-11-23)22-31(37-34)24-12-5-2-6-13-24/h1-22H. The largest absolute Gasteiger partial charge is 0.309 e. The lowest BCUT2D eigenvalue weighted by Crippen LogP contribution is -1.98. The SMILES string of the molecule is Brc1ccc2c3ccccc3n(-c3cccc(-c4nc(-c5ccccc5)cc(-c5ccccc5)n4)c3)c2c1. The molecule has 7 rings (SSSR count). The average molecular weight is 552 g/mol. The van der Waals surface area contributed by atoms with Gasteiger partial charge in [0.15, 0.2) is 5.82 Å². The zero-order valence-electron chi connectivity index (χ0n) is 20.4. The molecule has 5 aromatic carbocycles. The van der Waals surface area contributed by atoms with Gasteiger partial charge >= 0.3 is 0 Å². The molecule has 0 aliphatic rings. The summed E-state index contributed by atoms with van der Waals surface area (Å²) in [5.74, 6) is 0.703. The molecule has 0 unspecified atom stereocenters. The Morgan fingerprint density at radius 2 is 1.08 bits per heavy atom. The molecule has 0 amide bonds. The van der Waals surface area contributed by atoms with Crippen LogP contribution in [0, 0.1) is 0 Å². The summed E-state index contributed by atoms with van der Waals surface area (Å²) in [5.41, 5.74) is 8.30. The summed E-state index contributed by atoms with van der Waals surface area (Å²) in [6.45, 7) is 0. The normalized spacial score (nSPS) is 11.3. The van der Waals surface area contributed by atoms with Crippen molar-refractivity contribution in [2.24, 2.45) is 0 Å². The van der Waals surface area contributed by atoms with Gasteiger partial charge in [-0.2, -0.15) is 0 Å². The van der Waals surface area contributed by atoms with Crippen LogP contribution in [0.1, 0.15) is 0 Å². The molecule has 2 aromatic heterocycles. The minimum atomic E-state index is 0.703. The molecule has 0 radical (unpaired) electrons. The third-order valence-electron chi connectivity index (χ3n) is 6.86. The van der Waals surface area contributed by atoms with Crippen molar-refractivity contribution in [2.75, 3.05) is 0 Å². The van der Waals surface area contributed by atoms with Gasteiger partial charge in [-0.05, 0) is 36.4 Å². The van der Waals surface area contributed by atoms with E-state index in [2.05, 4.69) is 118 Å². The molecule has 0 saturated carbocycles. The minimum absolute atomic E-state index is 0.703. The molecule has 0 fully saturated rings. The Kier molecular flexibility index (Phi) is 5.60. The van der Waals surface area contributed by atoms with Gasteiger partial charge in [-0.15, -0.1) is 0 Å². The summed E-state index contributed by atoms with van der Waals surface area (Å²) in [4.78, 5) is 10.1. The highest BCUT2D eigenvalue weighted by atomic mass is 79.9. The lowest BCUT2D eigenvalue weighted by molar-refractivity contribution is 1.16. The second kappa shape index (κ2) is 9.40. The van der Waals surface area contributed by atoms with E-state index in [1.54, 1.807) is 0 Å². The Labute approximate surface area is 229 Å². The molecule has 180 valence electrons. The van der Waals surface area contributed by atoms with E-state index in [0.29, 0.717) is 5.82 Å². The van der Waals surface area contributed by atoms with Crippen LogP contribution in [0.3, 0.4) is 0 Å². The molecular weight excluding hydrogens is 530 g/mol. The quantitative estimate of drug-likeness (QED) is 0.218. The second-order valence-electron chi connectivity index (χ2n) is 9.26. The van der Waals surface area contributed by atoms with Crippen LogP contribution in [-0.4, -0.2) is 14.5 Å². The minimum Gasteiger partial charge on any atom is -0.309 e. The molecule has 2 heterocycles. The van der Waals surface area contributed by atoms with E-state index >= 15 is 0 Å². The van der Waals surface area contributed by atoms with Crippen molar-refractivity contribution >= 4 is 37.7 Å². The molecule has 0 saturated heterocycles. The van der Waals surface area contributed by atoms with Crippen LogP contribution in [0.25, 0.3) is 61.4 Å². The van der Waals surface area contributed by atoms with Crippen LogP contribution >= 0.6 is 15.9 Å². The molecule has 7 aromatic rings. The van der Waals surface area contributed by atoms with Gasteiger partial charge in [0.25, 0.3) is 0 Å². The smallest absolute Gasteiger partial charge is 0.160 e. The fourth-order valence-corrected chi connectivity index (χ4v) is 5.44. The number of hydrogen-bond acceptors (Lipinski definition) is 2. The highest BCUT2D eigenvalue weighted by Crippen LogP contribution is 2.35. The topological polar surface area (TPSA) is 30.7 Å². The van der Waals surface area contributed by atoms with Gasteiger partial charge in [0.1, 0.15) is 0 Å². The van der Waals surface area contributed by atoms with Crippen molar-refractivity contribution < 1.29 is 0 Å². The molecule has 0 bridgehead atoms. The first kappa shape index (κ1) is 22.6. The van der Waals surface area contributed by atoms with Gasteiger partial charge in [-0.1, -0.05) is 113 Å². The maximum absolute atomic E-state index is 5.03. The summed E-state index contributed by atoms with van der Waals surface area (Å²) in [6.07, 6.45) is 0. The number of benzene rings is 5. The molecule has 0 spiro atoms. The fourth-order valence-electron chi connectivity index (χ4n) is 5.10. The zero-order chi connectivity index (χ0) is 25.5. The Hall–Kier alpha value is -4.54. The number of hydrogen-bond donors (Lipinski definition) is 0. The lowest BCUT2D eigenvalue weighted by atomic mass is 10.1. The van der Waals surface area contributed by atoms with E-state index in [0.717, 1.165) is 43.8 Å². The second-order valence-corrected chi connectivity index (χ2v) is 10.2. The van der Waals surface area contributed by atoms with Crippen molar-refractivity contribution in [1.29, 1.82) is 0 Å². The van der Waals surface area contributed by atoms with E-state index in [1.165, 1.54) is 16.3 Å². The van der Waals surface area contributed by atoms with Crippen molar-refractivity contribution in [3.63, 3.8) is 0 Å². The predicted octanol–water partition coefficient (Wildman–Crippen LogP) is 9.34. The van der Waals surface area contributed by atoms with Gasteiger partial charge in [-0.25, -0.2) is 9.97 Å². The van der Waals surface area contributed by atoms with E-state index in [1.807, 2.05) is 36.4 Å². The molecular formula is C34H22BrN3. The summed E-state index contributed by atoms with van der Waals surface area (Å²) in [6, 6.07) is 46.2. The van der Waals surface area contributed by atoms with Crippen LogP contribution in [0.4, 0.5) is 0 Å². The number of halogens is 1. The third kappa shape index (κ3) is 4.00. The van der Waals surface area contributed by atoms with Crippen LogP contribution in [0.15, 0.2) is 138 Å². The van der Waals surface area contributed by atoms with Crippen LogP contribution in [0.2, 0.25) is 0 Å². The number of aromatic nitrogens is 3.